The number of hydrogen-bond acceptors (Lipinski definition) is 6. The van der Waals surface area contributed by atoms with Crippen molar-refractivity contribution in [3.63, 3.8) is 0 Å². The van der Waals surface area contributed by atoms with Crippen LogP contribution in [0.5, 0.6) is 5.75 Å². The molecule has 0 saturated heterocycles. The Morgan fingerprint density at radius 3 is 2.50 bits per heavy atom. The van der Waals surface area contributed by atoms with Gasteiger partial charge < -0.3 is 4.74 Å². The highest BCUT2D eigenvalue weighted by atomic mass is 32.2. The van der Waals surface area contributed by atoms with E-state index in [1.807, 2.05) is 36.4 Å². The van der Waals surface area contributed by atoms with Gasteiger partial charge in [0.05, 0.1) is 0 Å². The number of aromatic nitrogens is 2. The number of ether oxygens (including phenoxy) is 1. The van der Waals surface area contributed by atoms with Crippen molar-refractivity contribution >= 4 is 34.1 Å². The fourth-order valence-corrected chi connectivity index (χ4v) is 4.56. The fourth-order valence-electron chi connectivity index (χ4n) is 2.73. The zero-order valence-corrected chi connectivity index (χ0v) is 19.6. The molecule has 7 heteroatoms. The van der Waals surface area contributed by atoms with Crippen LogP contribution in [0, 0.1) is 6.92 Å². The first kappa shape index (κ1) is 22.3. The predicted octanol–water partition coefficient (Wildman–Crippen LogP) is 5.84. The van der Waals surface area contributed by atoms with E-state index in [2.05, 4.69) is 55.3 Å². The summed E-state index contributed by atoms with van der Waals surface area (Å²) in [5.41, 5.74) is 3.82. The normalized spacial score (nSPS) is 12.4. The van der Waals surface area contributed by atoms with Gasteiger partial charge in [-0.2, -0.15) is 0 Å². The highest BCUT2D eigenvalue weighted by Crippen LogP contribution is 2.29. The van der Waals surface area contributed by atoms with E-state index in [9.17, 15) is 4.79 Å². The zero-order chi connectivity index (χ0) is 21.7. The largest absolute Gasteiger partial charge is 0.481 e. The number of nitrogens with zero attached hydrogens (tertiary/aromatic N) is 2. The van der Waals surface area contributed by atoms with Crippen molar-refractivity contribution in [3.8, 4) is 5.75 Å². The monoisotopic (exact) mass is 441 g/mol. The lowest BCUT2D eigenvalue weighted by Gasteiger charge is -2.20. The first-order chi connectivity index (χ1) is 14.2. The summed E-state index contributed by atoms with van der Waals surface area (Å²) in [5, 5.41) is 11.5. The number of carbonyl (C=O) groups is 1. The first-order valence-electron chi connectivity index (χ1n) is 9.81. The summed E-state index contributed by atoms with van der Waals surface area (Å²) in [6.45, 7) is 10.3. The Kier molecular flexibility index (Phi) is 7.15. The van der Waals surface area contributed by atoms with Gasteiger partial charge in [-0.3, -0.25) is 10.1 Å². The molecule has 1 heterocycles. The fraction of sp³-hybridized carbons (Fsp3) is 0.348. The van der Waals surface area contributed by atoms with E-state index >= 15 is 0 Å². The third kappa shape index (κ3) is 6.06. The smallest absolute Gasteiger partial charge is 0.266 e. The van der Waals surface area contributed by atoms with Gasteiger partial charge in [-0.05, 0) is 48.1 Å². The number of amides is 1. The van der Waals surface area contributed by atoms with Gasteiger partial charge >= 0.3 is 0 Å². The van der Waals surface area contributed by atoms with Crippen LogP contribution in [0.2, 0.25) is 0 Å². The number of rotatable bonds is 7. The topological polar surface area (TPSA) is 64.1 Å². The second-order valence-electron chi connectivity index (χ2n) is 8.11. The Bertz CT molecular complexity index is 994. The molecule has 0 spiro atoms. The molecule has 1 amide bonds. The van der Waals surface area contributed by atoms with Crippen LogP contribution >= 0.6 is 23.1 Å². The minimum absolute atomic E-state index is 0.0777. The van der Waals surface area contributed by atoms with E-state index in [1.54, 1.807) is 18.7 Å². The molecule has 30 heavy (non-hydrogen) atoms. The second kappa shape index (κ2) is 9.62. The van der Waals surface area contributed by atoms with Gasteiger partial charge in [0.15, 0.2) is 10.4 Å². The number of hydrogen-bond donors (Lipinski definition) is 1. The average molecular weight is 442 g/mol. The van der Waals surface area contributed by atoms with E-state index in [1.165, 1.54) is 28.0 Å². The number of aryl methyl sites for hydroxylation is 1. The molecule has 1 unspecified atom stereocenters. The van der Waals surface area contributed by atoms with E-state index < -0.39 is 6.10 Å². The number of benzene rings is 2. The van der Waals surface area contributed by atoms with Crippen LogP contribution in [-0.4, -0.2) is 22.2 Å². The lowest BCUT2D eigenvalue weighted by atomic mass is 9.87. The molecule has 3 rings (SSSR count). The minimum Gasteiger partial charge on any atom is -0.481 e. The van der Waals surface area contributed by atoms with Crippen LogP contribution in [0.3, 0.4) is 0 Å². The van der Waals surface area contributed by atoms with Crippen molar-refractivity contribution < 1.29 is 9.53 Å². The maximum absolute atomic E-state index is 12.5. The molecule has 0 aliphatic heterocycles. The Labute approximate surface area is 186 Å². The number of thioether (sulfide) groups is 1. The van der Waals surface area contributed by atoms with E-state index in [0.29, 0.717) is 10.9 Å². The van der Waals surface area contributed by atoms with Crippen LogP contribution in [0.15, 0.2) is 52.9 Å². The predicted molar refractivity (Wildman–Crippen MR) is 125 cm³/mol. The summed E-state index contributed by atoms with van der Waals surface area (Å²) in [6, 6.07) is 16.1. The molecule has 5 nitrogen and oxygen atoms in total. The van der Waals surface area contributed by atoms with Gasteiger partial charge in [0.2, 0.25) is 5.13 Å². The van der Waals surface area contributed by atoms with Gasteiger partial charge in [0, 0.05) is 5.75 Å². The zero-order valence-electron chi connectivity index (χ0n) is 17.9. The Morgan fingerprint density at radius 1 is 1.13 bits per heavy atom. The summed E-state index contributed by atoms with van der Waals surface area (Å²) in [4.78, 5) is 12.5. The van der Waals surface area contributed by atoms with Gasteiger partial charge in [-0.15, -0.1) is 10.2 Å². The summed E-state index contributed by atoms with van der Waals surface area (Å²) in [7, 11) is 0. The molecule has 1 aromatic heterocycles. The molecule has 0 aliphatic carbocycles. The van der Waals surface area contributed by atoms with Crippen molar-refractivity contribution in [2.75, 3.05) is 5.32 Å². The maximum atomic E-state index is 12.5. The Balaban J connectivity index is 1.52. The highest BCUT2D eigenvalue weighted by Gasteiger charge is 2.18. The molecule has 158 valence electrons. The lowest BCUT2D eigenvalue weighted by molar-refractivity contribution is -0.122. The highest BCUT2D eigenvalue weighted by molar-refractivity contribution is 8.00. The van der Waals surface area contributed by atoms with Gasteiger partial charge in [0.25, 0.3) is 5.91 Å². The summed E-state index contributed by atoms with van der Waals surface area (Å²) in [6.07, 6.45) is -0.641. The van der Waals surface area contributed by atoms with E-state index in [-0.39, 0.29) is 11.3 Å². The summed E-state index contributed by atoms with van der Waals surface area (Å²) in [5.74, 6) is 1.23. The van der Waals surface area contributed by atoms with E-state index in [0.717, 1.165) is 10.1 Å². The summed E-state index contributed by atoms with van der Waals surface area (Å²) >= 11 is 2.98. The standard InChI is InChI=1S/C23H27N3O2S2/c1-15-8-6-7-9-17(15)14-29-22-26-25-21(30-22)24-20(27)16(2)28-19-12-10-18(11-13-19)23(3,4)5/h6-13,16H,14H2,1-5H3,(H,24,25,27). The van der Waals surface area contributed by atoms with Crippen LogP contribution in [-0.2, 0) is 16.0 Å². The van der Waals surface area contributed by atoms with Crippen molar-refractivity contribution in [1.29, 1.82) is 0 Å². The van der Waals surface area contributed by atoms with Gasteiger partial charge in [-0.1, -0.05) is 80.3 Å². The maximum Gasteiger partial charge on any atom is 0.266 e. The van der Waals surface area contributed by atoms with Crippen molar-refractivity contribution in [3.05, 3.63) is 65.2 Å². The van der Waals surface area contributed by atoms with Crippen LogP contribution in [0.4, 0.5) is 5.13 Å². The molecule has 0 bridgehead atoms. The third-order valence-corrected chi connectivity index (χ3v) is 6.67. The molecule has 0 aliphatic rings. The Morgan fingerprint density at radius 2 is 1.83 bits per heavy atom. The molecular formula is C23H27N3O2S2. The number of nitrogens with one attached hydrogen (secondary N) is 1. The second-order valence-corrected chi connectivity index (χ2v) is 10.3. The molecule has 0 fully saturated rings. The van der Waals surface area contributed by atoms with Crippen molar-refractivity contribution in [1.82, 2.24) is 10.2 Å². The first-order valence-corrected chi connectivity index (χ1v) is 11.6. The van der Waals surface area contributed by atoms with Gasteiger partial charge in [-0.25, -0.2) is 0 Å². The molecule has 1 atom stereocenters. The number of carbonyl (C=O) groups excluding carboxylic acids is 1. The molecule has 1 N–H and O–H groups in total. The summed E-state index contributed by atoms with van der Waals surface area (Å²) < 4.78 is 6.60. The van der Waals surface area contributed by atoms with Crippen LogP contribution in [0.25, 0.3) is 0 Å². The molecular weight excluding hydrogens is 414 g/mol. The Hall–Kier alpha value is -2.38. The quantitative estimate of drug-likeness (QED) is 0.368. The third-order valence-electron chi connectivity index (χ3n) is 4.65. The molecule has 3 aromatic rings. The van der Waals surface area contributed by atoms with E-state index in [4.69, 9.17) is 4.74 Å². The lowest BCUT2D eigenvalue weighted by Crippen LogP contribution is -2.30. The SMILES string of the molecule is Cc1ccccc1CSc1nnc(NC(=O)C(C)Oc2ccc(C(C)(C)C)cc2)s1. The van der Waals surface area contributed by atoms with Crippen molar-refractivity contribution in [2.24, 2.45) is 0 Å². The van der Waals surface area contributed by atoms with Crippen LogP contribution in [0.1, 0.15) is 44.4 Å². The minimum atomic E-state index is -0.641. The molecule has 2 aromatic carbocycles. The molecule has 0 saturated carbocycles. The average Bonchev–Trinajstić information content (AvgIpc) is 3.14. The van der Waals surface area contributed by atoms with Crippen molar-refractivity contribution in [2.45, 2.75) is 56.2 Å². The van der Waals surface area contributed by atoms with Crippen LogP contribution < -0.4 is 10.1 Å². The number of anilines is 1. The molecule has 0 radical (unpaired) electrons. The van der Waals surface area contributed by atoms with Gasteiger partial charge in [0.1, 0.15) is 5.75 Å².